The lowest BCUT2D eigenvalue weighted by molar-refractivity contribution is 0.627. The highest BCUT2D eigenvalue weighted by Crippen LogP contribution is 2.11. The van der Waals surface area contributed by atoms with Crippen molar-refractivity contribution in [2.45, 2.75) is 0 Å². The van der Waals surface area contributed by atoms with E-state index in [1.54, 1.807) is 6.07 Å². The first-order chi connectivity index (χ1) is 8.67. The lowest BCUT2D eigenvalue weighted by Gasteiger charge is -1.94. The largest absolute Gasteiger partial charge is 0.207 e. The van der Waals surface area contributed by atoms with E-state index in [0.29, 0.717) is 5.56 Å². The molecule has 0 N–H and O–H groups in total. The predicted octanol–water partition coefficient (Wildman–Crippen LogP) is 3.86. The van der Waals surface area contributed by atoms with Gasteiger partial charge < -0.3 is 0 Å². The van der Waals surface area contributed by atoms with Gasteiger partial charge in [0.25, 0.3) is 0 Å². The molecule has 0 bridgehead atoms. The number of halogens is 2. The quantitative estimate of drug-likeness (QED) is 0.678. The van der Waals surface area contributed by atoms with Gasteiger partial charge in [-0.1, -0.05) is 33.8 Å². The van der Waals surface area contributed by atoms with Gasteiger partial charge in [0.15, 0.2) is 0 Å². The van der Waals surface area contributed by atoms with Crippen molar-refractivity contribution in [3.63, 3.8) is 0 Å². The molecule has 0 unspecified atom stereocenters. The van der Waals surface area contributed by atoms with E-state index in [2.05, 4.69) is 27.8 Å². The third kappa shape index (κ3) is 3.20. The Labute approximate surface area is 113 Å². The Morgan fingerprint density at radius 2 is 1.67 bits per heavy atom. The van der Waals surface area contributed by atoms with Crippen LogP contribution in [0.2, 0.25) is 0 Å². The van der Waals surface area contributed by atoms with Crippen molar-refractivity contribution in [1.29, 1.82) is 5.26 Å². The van der Waals surface area contributed by atoms with Crippen molar-refractivity contribution >= 4 is 15.9 Å². The minimum Gasteiger partial charge on any atom is -0.207 e. The van der Waals surface area contributed by atoms with Crippen LogP contribution in [0.4, 0.5) is 4.39 Å². The average Bonchev–Trinajstić information content (AvgIpc) is 2.36. The molecular weight excluding hydrogens is 293 g/mol. The van der Waals surface area contributed by atoms with Gasteiger partial charge in [-0.15, -0.1) is 0 Å². The highest BCUT2D eigenvalue weighted by Gasteiger charge is 1.97. The van der Waals surface area contributed by atoms with E-state index in [-0.39, 0.29) is 5.56 Å². The molecule has 0 atom stereocenters. The number of hydrogen-bond donors (Lipinski definition) is 0. The summed E-state index contributed by atoms with van der Waals surface area (Å²) < 4.78 is 14.1. The van der Waals surface area contributed by atoms with E-state index in [1.165, 1.54) is 12.1 Å². The zero-order chi connectivity index (χ0) is 13.0. The van der Waals surface area contributed by atoms with Crippen molar-refractivity contribution < 1.29 is 4.39 Å². The Morgan fingerprint density at radius 3 is 2.39 bits per heavy atom. The standard InChI is InChI=1S/C15H7BrFN/c16-14-3-1-2-11(7-14)4-5-12-6-13(10-18)9-15(17)8-12/h1-3,6-9H. The molecule has 1 nitrogen and oxygen atoms in total. The topological polar surface area (TPSA) is 23.8 Å². The zero-order valence-corrected chi connectivity index (χ0v) is 10.8. The summed E-state index contributed by atoms with van der Waals surface area (Å²) in [6.07, 6.45) is 0. The molecule has 0 radical (unpaired) electrons. The maximum Gasteiger partial charge on any atom is 0.125 e. The molecule has 2 aromatic rings. The summed E-state index contributed by atoms with van der Waals surface area (Å²) in [4.78, 5) is 0. The fraction of sp³-hybridized carbons (Fsp3) is 0. The number of nitrogens with zero attached hydrogens (tertiary/aromatic N) is 1. The Kier molecular flexibility index (Phi) is 3.77. The van der Waals surface area contributed by atoms with Crippen molar-refractivity contribution in [2.75, 3.05) is 0 Å². The molecule has 2 aromatic carbocycles. The third-order valence-corrected chi connectivity index (χ3v) is 2.70. The summed E-state index contributed by atoms with van der Waals surface area (Å²) >= 11 is 3.35. The summed E-state index contributed by atoms with van der Waals surface area (Å²) in [6, 6.07) is 13.5. The van der Waals surface area contributed by atoms with Gasteiger partial charge in [-0.3, -0.25) is 0 Å². The summed E-state index contributed by atoms with van der Waals surface area (Å²) in [6.45, 7) is 0. The Bertz CT molecular complexity index is 690. The van der Waals surface area contributed by atoms with E-state index in [9.17, 15) is 4.39 Å². The van der Waals surface area contributed by atoms with Crippen molar-refractivity contribution in [3.8, 4) is 17.9 Å². The molecule has 0 amide bonds. The van der Waals surface area contributed by atoms with Gasteiger partial charge in [0.1, 0.15) is 5.82 Å². The van der Waals surface area contributed by atoms with Crippen molar-refractivity contribution in [1.82, 2.24) is 0 Å². The lowest BCUT2D eigenvalue weighted by atomic mass is 10.1. The molecule has 0 fully saturated rings. The molecule has 0 heterocycles. The number of rotatable bonds is 0. The molecule has 0 aliphatic carbocycles. The van der Waals surface area contributed by atoms with Gasteiger partial charge in [-0.25, -0.2) is 4.39 Å². The highest BCUT2D eigenvalue weighted by atomic mass is 79.9. The van der Waals surface area contributed by atoms with Crippen molar-refractivity contribution in [2.24, 2.45) is 0 Å². The maximum absolute atomic E-state index is 13.2. The van der Waals surface area contributed by atoms with Crippen LogP contribution in [0.15, 0.2) is 46.9 Å². The van der Waals surface area contributed by atoms with E-state index < -0.39 is 5.82 Å². The first kappa shape index (κ1) is 12.4. The van der Waals surface area contributed by atoms with Crippen LogP contribution in [-0.4, -0.2) is 0 Å². The van der Waals surface area contributed by atoms with Crippen LogP contribution in [-0.2, 0) is 0 Å². The normalized spacial score (nSPS) is 9.17. The predicted molar refractivity (Wildman–Crippen MR) is 71.2 cm³/mol. The number of benzene rings is 2. The van der Waals surface area contributed by atoms with Gasteiger partial charge in [-0.05, 0) is 36.4 Å². The smallest absolute Gasteiger partial charge is 0.125 e. The highest BCUT2D eigenvalue weighted by molar-refractivity contribution is 9.10. The molecule has 0 aliphatic rings. The van der Waals surface area contributed by atoms with E-state index in [1.807, 2.05) is 30.3 Å². The van der Waals surface area contributed by atoms with Crippen LogP contribution >= 0.6 is 15.9 Å². The molecule has 0 spiro atoms. The molecule has 0 aliphatic heterocycles. The maximum atomic E-state index is 13.2. The lowest BCUT2D eigenvalue weighted by Crippen LogP contribution is -1.83. The summed E-state index contributed by atoms with van der Waals surface area (Å²) in [5, 5.41) is 8.74. The van der Waals surface area contributed by atoms with Gasteiger partial charge in [0.2, 0.25) is 0 Å². The molecule has 0 aromatic heterocycles. The van der Waals surface area contributed by atoms with Crippen LogP contribution < -0.4 is 0 Å². The van der Waals surface area contributed by atoms with E-state index >= 15 is 0 Å². The second-order valence-electron chi connectivity index (χ2n) is 3.60. The van der Waals surface area contributed by atoms with Crippen LogP contribution in [0.1, 0.15) is 16.7 Å². The number of nitriles is 1. The third-order valence-electron chi connectivity index (χ3n) is 2.20. The van der Waals surface area contributed by atoms with Crippen molar-refractivity contribution in [3.05, 3.63) is 69.4 Å². The van der Waals surface area contributed by atoms with E-state index in [4.69, 9.17) is 5.26 Å². The van der Waals surface area contributed by atoms with Crippen LogP contribution in [0, 0.1) is 29.0 Å². The van der Waals surface area contributed by atoms with Crippen LogP contribution in [0.5, 0.6) is 0 Å². The zero-order valence-electron chi connectivity index (χ0n) is 9.24. The minimum atomic E-state index is -0.451. The first-order valence-corrected chi connectivity index (χ1v) is 5.95. The average molecular weight is 300 g/mol. The second kappa shape index (κ2) is 5.49. The monoisotopic (exact) mass is 299 g/mol. The number of hydrogen-bond acceptors (Lipinski definition) is 1. The Hall–Kier alpha value is -2.10. The second-order valence-corrected chi connectivity index (χ2v) is 4.52. The Balaban J connectivity index is 2.36. The van der Waals surface area contributed by atoms with Gasteiger partial charge in [0, 0.05) is 15.6 Å². The molecule has 86 valence electrons. The SMILES string of the molecule is N#Cc1cc(F)cc(C#Cc2cccc(Br)c2)c1. The summed E-state index contributed by atoms with van der Waals surface area (Å²) in [7, 11) is 0. The molecule has 2 rings (SSSR count). The van der Waals surface area contributed by atoms with E-state index in [0.717, 1.165) is 10.0 Å². The molecular formula is C15H7BrFN. The van der Waals surface area contributed by atoms with Crippen LogP contribution in [0.3, 0.4) is 0 Å². The fourth-order valence-electron chi connectivity index (χ4n) is 1.44. The molecule has 0 saturated heterocycles. The van der Waals surface area contributed by atoms with Gasteiger partial charge >= 0.3 is 0 Å². The molecule has 18 heavy (non-hydrogen) atoms. The van der Waals surface area contributed by atoms with Crippen LogP contribution in [0.25, 0.3) is 0 Å². The first-order valence-electron chi connectivity index (χ1n) is 5.15. The van der Waals surface area contributed by atoms with Gasteiger partial charge in [0.05, 0.1) is 11.6 Å². The minimum absolute atomic E-state index is 0.272. The Morgan fingerprint density at radius 1 is 0.944 bits per heavy atom. The summed E-state index contributed by atoms with van der Waals surface area (Å²) in [5.41, 5.74) is 1.59. The van der Waals surface area contributed by atoms with Gasteiger partial charge in [-0.2, -0.15) is 5.26 Å². The molecule has 3 heteroatoms. The summed E-state index contributed by atoms with van der Waals surface area (Å²) in [5.74, 6) is 5.31. The molecule has 0 saturated carbocycles. The fourth-order valence-corrected chi connectivity index (χ4v) is 1.84.